The molecule has 0 unspecified atom stereocenters. The van der Waals surface area contributed by atoms with E-state index in [1.165, 1.54) is 0 Å². The number of anilines is 2. The van der Waals surface area contributed by atoms with Crippen LogP contribution < -0.4 is 10.6 Å². The number of amides is 2. The number of benzene rings is 2. The van der Waals surface area contributed by atoms with Gasteiger partial charge in [0.05, 0.1) is 17.0 Å². The Hall–Kier alpha value is -3.16. The summed E-state index contributed by atoms with van der Waals surface area (Å²) in [5, 5.41) is 6.38. The van der Waals surface area contributed by atoms with E-state index < -0.39 is 11.9 Å². The second-order valence-electron chi connectivity index (χ2n) is 6.71. The van der Waals surface area contributed by atoms with Gasteiger partial charge in [-0.15, -0.1) is 11.3 Å². The summed E-state index contributed by atoms with van der Waals surface area (Å²) in [6, 6.07) is 13.8. The van der Waals surface area contributed by atoms with E-state index in [0.29, 0.717) is 26.7 Å². The van der Waals surface area contributed by atoms with Crippen LogP contribution in [0.15, 0.2) is 48.5 Å². The molecule has 1 aromatic heterocycles. The predicted molar refractivity (Wildman–Crippen MR) is 124 cm³/mol. The Labute approximate surface area is 189 Å². The van der Waals surface area contributed by atoms with Crippen molar-refractivity contribution in [2.45, 2.75) is 20.8 Å². The third-order valence-corrected chi connectivity index (χ3v) is 6.01. The van der Waals surface area contributed by atoms with Crippen molar-refractivity contribution in [3.8, 4) is 0 Å². The minimum absolute atomic E-state index is 0.172. The lowest BCUT2D eigenvalue weighted by atomic mass is 10.1. The van der Waals surface area contributed by atoms with Crippen LogP contribution in [0.3, 0.4) is 0 Å². The number of halogens is 1. The molecule has 2 amide bonds. The van der Waals surface area contributed by atoms with Crippen molar-refractivity contribution < 1.29 is 19.1 Å². The van der Waals surface area contributed by atoms with E-state index in [4.69, 9.17) is 16.3 Å². The first-order chi connectivity index (χ1) is 14.8. The highest BCUT2D eigenvalue weighted by Gasteiger charge is 2.27. The minimum atomic E-state index is -0.595. The fourth-order valence-electron chi connectivity index (χ4n) is 2.99. The van der Waals surface area contributed by atoms with Crippen LogP contribution >= 0.6 is 22.9 Å². The van der Waals surface area contributed by atoms with Crippen LogP contribution in [-0.4, -0.2) is 24.4 Å². The lowest BCUT2D eigenvalue weighted by Gasteiger charge is -2.08. The van der Waals surface area contributed by atoms with Gasteiger partial charge >= 0.3 is 5.97 Å². The third-order valence-electron chi connectivity index (χ3n) is 4.55. The average Bonchev–Trinajstić information content (AvgIpc) is 3.06. The quantitative estimate of drug-likeness (QED) is 0.466. The Balaban J connectivity index is 1.95. The fraction of sp³-hybridized carbons (Fsp3) is 0.174. The van der Waals surface area contributed by atoms with Gasteiger partial charge in [-0.25, -0.2) is 4.79 Å². The number of nitrogens with one attached hydrogen (secondary N) is 2. The molecule has 3 aromatic rings. The Morgan fingerprint density at radius 1 is 0.968 bits per heavy atom. The first-order valence-corrected chi connectivity index (χ1v) is 10.8. The zero-order valence-electron chi connectivity index (χ0n) is 17.2. The van der Waals surface area contributed by atoms with Crippen LogP contribution in [0.2, 0.25) is 5.02 Å². The van der Waals surface area contributed by atoms with Crippen molar-refractivity contribution in [2.24, 2.45) is 0 Å². The molecular formula is C23H21ClN2O4S. The van der Waals surface area contributed by atoms with Crippen LogP contribution in [-0.2, 0) is 4.74 Å². The van der Waals surface area contributed by atoms with Crippen molar-refractivity contribution in [2.75, 3.05) is 17.2 Å². The molecule has 3 rings (SSSR count). The molecule has 0 spiro atoms. The molecule has 8 heteroatoms. The molecule has 0 aliphatic heterocycles. The van der Waals surface area contributed by atoms with Crippen LogP contribution in [0, 0.1) is 13.8 Å². The highest BCUT2D eigenvalue weighted by atomic mass is 35.5. The van der Waals surface area contributed by atoms with E-state index in [-0.39, 0.29) is 23.1 Å². The summed E-state index contributed by atoms with van der Waals surface area (Å²) >= 11 is 6.92. The number of carbonyl (C=O) groups is 3. The number of carbonyl (C=O) groups excluding carboxylic acids is 3. The summed E-state index contributed by atoms with van der Waals surface area (Å²) in [4.78, 5) is 38.6. The Kier molecular flexibility index (Phi) is 7.09. The number of thiophene rings is 1. The number of ether oxygens (including phenoxy) is 1. The molecule has 0 radical (unpaired) electrons. The van der Waals surface area contributed by atoms with Crippen LogP contribution in [0.25, 0.3) is 0 Å². The van der Waals surface area contributed by atoms with Gasteiger partial charge in [-0.2, -0.15) is 0 Å². The molecule has 0 saturated heterocycles. The van der Waals surface area contributed by atoms with Gasteiger partial charge in [-0.3, -0.25) is 9.59 Å². The highest BCUT2D eigenvalue weighted by molar-refractivity contribution is 7.19. The number of hydrogen-bond donors (Lipinski definition) is 2. The molecule has 6 nitrogen and oxygen atoms in total. The van der Waals surface area contributed by atoms with Crippen LogP contribution in [0.4, 0.5) is 10.7 Å². The first kappa shape index (κ1) is 22.5. The summed E-state index contributed by atoms with van der Waals surface area (Å²) in [5.41, 5.74) is 2.46. The van der Waals surface area contributed by atoms with Crippen LogP contribution in [0.1, 0.15) is 48.4 Å². The topological polar surface area (TPSA) is 84.5 Å². The number of esters is 1. The largest absolute Gasteiger partial charge is 0.462 e. The number of aryl methyl sites for hydroxylation is 1. The summed E-state index contributed by atoms with van der Waals surface area (Å²) in [6.07, 6.45) is 0. The van der Waals surface area contributed by atoms with Gasteiger partial charge in [0.25, 0.3) is 11.8 Å². The Morgan fingerprint density at radius 3 is 2.29 bits per heavy atom. The van der Waals surface area contributed by atoms with E-state index in [1.807, 2.05) is 19.1 Å². The van der Waals surface area contributed by atoms with E-state index in [2.05, 4.69) is 10.6 Å². The maximum Gasteiger partial charge on any atom is 0.341 e. The summed E-state index contributed by atoms with van der Waals surface area (Å²) in [7, 11) is 0. The van der Waals surface area contributed by atoms with Crippen molar-refractivity contribution >= 4 is 51.4 Å². The summed E-state index contributed by atoms with van der Waals surface area (Å²) in [6.45, 7) is 5.35. The highest BCUT2D eigenvalue weighted by Crippen LogP contribution is 2.35. The molecule has 2 N–H and O–H groups in total. The van der Waals surface area contributed by atoms with Crippen molar-refractivity contribution in [3.05, 3.63) is 80.7 Å². The van der Waals surface area contributed by atoms with Crippen molar-refractivity contribution in [1.82, 2.24) is 0 Å². The molecule has 0 bridgehead atoms. The number of hydrogen-bond acceptors (Lipinski definition) is 5. The summed E-state index contributed by atoms with van der Waals surface area (Å²) in [5.74, 6) is -1.36. The molecule has 0 atom stereocenters. The Bertz CT molecular complexity index is 1140. The molecule has 0 saturated carbocycles. The SMILES string of the molecule is CCOC(=O)c1c(NC(=O)c2ccccc2C)sc(C(=O)Nc2ccc(Cl)cc2)c1C. The smallest absolute Gasteiger partial charge is 0.341 e. The van der Waals surface area contributed by atoms with Gasteiger partial charge in [-0.1, -0.05) is 29.8 Å². The lowest BCUT2D eigenvalue weighted by Crippen LogP contribution is -2.16. The minimum Gasteiger partial charge on any atom is -0.462 e. The average molecular weight is 457 g/mol. The maximum atomic E-state index is 12.9. The van der Waals surface area contributed by atoms with Gasteiger partial charge in [0.15, 0.2) is 0 Å². The van der Waals surface area contributed by atoms with E-state index in [1.54, 1.807) is 50.2 Å². The zero-order valence-corrected chi connectivity index (χ0v) is 18.8. The molecule has 2 aromatic carbocycles. The predicted octanol–water partition coefficient (Wildman–Crippen LogP) is 5.70. The fourth-order valence-corrected chi connectivity index (χ4v) is 4.20. The summed E-state index contributed by atoms with van der Waals surface area (Å²) < 4.78 is 5.16. The van der Waals surface area contributed by atoms with Gasteiger partial charge in [0.2, 0.25) is 0 Å². The van der Waals surface area contributed by atoms with E-state index in [9.17, 15) is 14.4 Å². The van der Waals surface area contributed by atoms with Gasteiger partial charge in [0.1, 0.15) is 5.00 Å². The maximum absolute atomic E-state index is 12.9. The van der Waals surface area contributed by atoms with E-state index in [0.717, 1.165) is 16.9 Å². The van der Waals surface area contributed by atoms with Gasteiger partial charge in [0, 0.05) is 16.3 Å². The molecule has 160 valence electrons. The first-order valence-electron chi connectivity index (χ1n) is 9.56. The zero-order chi connectivity index (χ0) is 22.5. The second-order valence-corrected chi connectivity index (χ2v) is 8.17. The van der Waals surface area contributed by atoms with Crippen molar-refractivity contribution in [3.63, 3.8) is 0 Å². The Morgan fingerprint density at radius 2 is 1.65 bits per heavy atom. The molecule has 31 heavy (non-hydrogen) atoms. The van der Waals surface area contributed by atoms with Crippen LogP contribution in [0.5, 0.6) is 0 Å². The lowest BCUT2D eigenvalue weighted by molar-refractivity contribution is 0.0527. The standard InChI is InChI=1S/C23H21ClN2O4S/c1-4-30-23(29)18-14(3)19(21(28)25-16-11-9-15(24)10-12-16)31-22(18)26-20(27)17-8-6-5-7-13(17)2/h5-12H,4H2,1-3H3,(H,25,28)(H,26,27). The number of rotatable bonds is 6. The molecular weight excluding hydrogens is 436 g/mol. The molecule has 0 fully saturated rings. The molecule has 1 heterocycles. The van der Waals surface area contributed by atoms with E-state index >= 15 is 0 Å². The third kappa shape index (κ3) is 5.13. The monoisotopic (exact) mass is 456 g/mol. The second kappa shape index (κ2) is 9.76. The normalized spacial score (nSPS) is 10.5. The van der Waals surface area contributed by atoms with Gasteiger partial charge < -0.3 is 15.4 Å². The molecule has 0 aliphatic carbocycles. The van der Waals surface area contributed by atoms with Crippen molar-refractivity contribution in [1.29, 1.82) is 0 Å². The van der Waals surface area contributed by atoms with Gasteiger partial charge in [-0.05, 0) is 62.2 Å². The molecule has 0 aliphatic rings.